The van der Waals surface area contributed by atoms with Crippen molar-refractivity contribution >= 4 is 54.4 Å². The van der Waals surface area contributed by atoms with E-state index in [-0.39, 0.29) is 47.4 Å². The number of rotatable bonds is 11. The number of hydrogen-bond acceptors (Lipinski definition) is 7. The number of carbonyl (C=O) groups is 3. The van der Waals surface area contributed by atoms with Crippen LogP contribution in [0.5, 0.6) is 0 Å². The summed E-state index contributed by atoms with van der Waals surface area (Å²) in [5.74, 6) is -0.607. The van der Waals surface area contributed by atoms with Gasteiger partial charge in [-0.05, 0) is 48.6 Å². The van der Waals surface area contributed by atoms with Gasteiger partial charge in [0.1, 0.15) is 0 Å². The molecule has 11 heteroatoms. The van der Waals surface area contributed by atoms with Gasteiger partial charge in [0, 0.05) is 26.1 Å². The standard InChI is InChI=1S/C27H32N4O5S2/c1-17(2)15-30(16-18(3)4)38(35,36)19-11-12-22-23(14-19)37-27(28-22)29-24(32)10-7-13-31-25(33)20-8-5-6-9-21(20)26(31)34/h5-6,8-9,11-12,14,17-18H,7,10,13,15-16H2,1-4H3,(H,28,29,32). The maximum atomic E-state index is 13.4. The fourth-order valence-corrected chi connectivity index (χ4v) is 7.16. The molecule has 0 bridgehead atoms. The van der Waals surface area contributed by atoms with Crippen LogP contribution in [-0.2, 0) is 14.8 Å². The minimum Gasteiger partial charge on any atom is -0.302 e. The lowest BCUT2D eigenvalue weighted by Crippen LogP contribution is -2.37. The lowest BCUT2D eigenvalue weighted by atomic mass is 10.1. The number of imide groups is 1. The number of hydrogen-bond donors (Lipinski definition) is 1. The van der Waals surface area contributed by atoms with Crippen LogP contribution in [0.4, 0.5) is 5.13 Å². The summed E-state index contributed by atoms with van der Waals surface area (Å²) in [6.07, 6.45) is 0.411. The van der Waals surface area contributed by atoms with Crippen molar-refractivity contribution in [2.75, 3.05) is 25.0 Å². The highest BCUT2D eigenvalue weighted by atomic mass is 32.2. The molecule has 2 aromatic carbocycles. The molecule has 1 aliphatic heterocycles. The van der Waals surface area contributed by atoms with Crippen LogP contribution in [0.25, 0.3) is 10.2 Å². The Kier molecular flexibility index (Phi) is 8.29. The number of amides is 3. The molecular formula is C27H32N4O5S2. The maximum absolute atomic E-state index is 13.4. The zero-order chi connectivity index (χ0) is 27.6. The number of benzene rings is 2. The molecule has 9 nitrogen and oxygen atoms in total. The first kappa shape index (κ1) is 27.9. The molecular weight excluding hydrogens is 524 g/mol. The van der Waals surface area contributed by atoms with Crippen LogP contribution in [0.1, 0.15) is 61.3 Å². The summed E-state index contributed by atoms with van der Waals surface area (Å²) in [5.41, 5.74) is 1.36. The van der Waals surface area contributed by atoms with E-state index < -0.39 is 10.0 Å². The Labute approximate surface area is 226 Å². The molecule has 1 aliphatic rings. The largest absolute Gasteiger partial charge is 0.302 e. The Bertz CT molecular complexity index is 1430. The van der Waals surface area contributed by atoms with E-state index >= 15 is 0 Å². The lowest BCUT2D eigenvalue weighted by Gasteiger charge is -2.25. The maximum Gasteiger partial charge on any atom is 0.261 e. The smallest absolute Gasteiger partial charge is 0.261 e. The van der Waals surface area contributed by atoms with E-state index in [4.69, 9.17) is 0 Å². The van der Waals surface area contributed by atoms with Crippen molar-refractivity contribution in [1.29, 1.82) is 0 Å². The van der Waals surface area contributed by atoms with Gasteiger partial charge in [-0.15, -0.1) is 0 Å². The van der Waals surface area contributed by atoms with Gasteiger partial charge in [-0.3, -0.25) is 19.3 Å². The highest BCUT2D eigenvalue weighted by Crippen LogP contribution is 2.30. The van der Waals surface area contributed by atoms with Gasteiger partial charge in [-0.2, -0.15) is 4.31 Å². The summed E-state index contributed by atoms with van der Waals surface area (Å²) in [6, 6.07) is 11.5. The Balaban J connectivity index is 1.39. The van der Waals surface area contributed by atoms with Gasteiger partial charge in [-0.25, -0.2) is 13.4 Å². The quantitative estimate of drug-likeness (QED) is 0.345. The first-order valence-electron chi connectivity index (χ1n) is 12.6. The van der Waals surface area contributed by atoms with Crippen LogP contribution in [0, 0.1) is 11.8 Å². The van der Waals surface area contributed by atoms with Crippen molar-refractivity contribution in [3.63, 3.8) is 0 Å². The Morgan fingerprint density at radius 3 is 2.18 bits per heavy atom. The number of carbonyl (C=O) groups excluding carboxylic acids is 3. The van der Waals surface area contributed by atoms with Crippen LogP contribution in [0.2, 0.25) is 0 Å². The minimum atomic E-state index is -3.68. The van der Waals surface area contributed by atoms with Crippen LogP contribution < -0.4 is 5.32 Å². The number of sulfonamides is 1. The molecule has 202 valence electrons. The zero-order valence-corrected chi connectivity index (χ0v) is 23.6. The number of anilines is 1. The van der Waals surface area contributed by atoms with Gasteiger partial charge in [0.2, 0.25) is 15.9 Å². The van der Waals surface area contributed by atoms with E-state index in [0.29, 0.717) is 46.0 Å². The van der Waals surface area contributed by atoms with E-state index in [0.717, 1.165) is 0 Å². The Morgan fingerprint density at radius 2 is 1.61 bits per heavy atom. The molecule has 0 fully saturated rings. The number of fused-ring (bicyclic) bond motifs is 2. The second-order valence-electron chi connectivity index (χ2n) is 10.2. The molecule has 0 unspecified atom stereocenters. The molecule has 0 saturated carbocycles. The third-order valence-corrected chi connectivity index (χ3v) is 8.81. The molecule has 0 radical (unpaired) electrons. The van der Waals surface area contributed by atoms with Crippen LogP contribution in [0.15, 0.2) is 47.4 Å². The molecule has 0 aliphatic carbocycles. The van der Waals surface area contributed by atoms with Crippen LogP contribution >= 0.6 is 11.3 Å². The lowest BCUT2D eigenvalue weighted by molar-refractivity contribution is -0.116. The van der Waals surface area contributed by atoms with Gasteiger partial charge >= 0.3 is 0 Å². The summed E-state index contributed by atoms with van der Waals surface area (Å²) in [4.78, 5) is 43.2. The third-order valence-electron chi connectivity index (χ3n) is 6.05. The average Bonchev–Trinajstić information content (AvgIpc) is 3.36. The van der Waals surface area contributed by atoms with Gasteiger partial charge in [0.15, 0.2) is 5.13 Å². The average molecular weight is 557 g/mol. The molecule has 1 aromatic heterocycles. The second kappa shape index (κ2) is 11.3. The van der Waals surface area contributed by atoms with E-state index in [1.165, 1.54) is 20.5 Å². The number of aromatic nitrogens is 1. The SMILES string of the molecule is CC(C)CN(CC(C)C)S(=O)(=O)c1ccc2nc(NC(=O)CCCN3C(=O)c4ccccc4C3=O)sc2c1. The fourth-order valence-electron chi connectivity index (χ4n) is 4.37. The first-order chi connectivity index (χ1) is 18.0. The van der Waals surface area contributed by atoms with Crippen molar-refractivity contribution in [1.82, 2.24) is 14.2 Å². The molecule has 0 atom stereocenters. The van der Waals surface area contributed by atoms with Crippen molar-refractivity contribution < 1.29 is 22.8 Å². The molecule has 38 heavy (non-hydrogen) atoms. The summed E-state index contributed by atoms with van der Waals surface area (Å²) in [6.45, 7) is 8.97. The van der Waals surface area contributed by atoms with Gasteiger partial charge in [0.25, 0.3) is 11.8 Å². The second-order valence-corrected chi connectivity index (χ2v) is 13.2. The highest BCUT2D eigenvalue weighted by molar-refractivity contribution is 7.89. The highest BCUT2D eigenvalue weighted by Gasteiger charge is 2.34. The first-order valence-corrected chi connectivity index (χ1v) is 14.9. The predicted molar refractivity (Wildman–Crippen MR) is 148 cm³/mol. The van der Waals surface area contributed by atoms with Gasteiger partial charge < -0.3 is 5.32 Å². The molecule has 1 N–H and O–H groups in total. The molecule has 0 spiro atoms. The van der Waals surface area contributed by atoms with E-state index in [2.05, 4.69) is 10.3 Å². The van der Waals surface area contributed by atoms with E-state index in [1.54, 1.807) is 42.5 Å². The minimum absolute atomic E-state index is 0.0995. The number of thiazole rings is 1. The molecule has 2 heterocycles. The van der Waals surface area contributed by atoms with Gasteiger partial charge in [-0.1, -0.05) is 51.2 Å². The third kappa shape index (κ3) is 5.95. The predicted octanol–water partition coefficient (Wildman–Crippen LogP) is 4.61. The van der Waals surface area contributed by atoms with Crippen molar-refractivity contribution in [3.05, 3.63) is 53.6 Å². The van der Waals surface area contributed by atoms with Crippen molar-refractivity contribution in [3.8, 4) is 0 Å². The van der Waals surface area contributed by atoms with Gasteiger partial charge in [0.05, 0.1) is 26.2 Å². The molecule has 3 amide bonds. The van der Waals surface area contributed by atoms with E-state index in [1.807, 2.05) is 27.7 Å². The summed E-state index contributed by atoms with van der Waals surface area (Å²) >= 11 is 1.20. The molecule has 0 saturated heterocycles. The fraction of sp³-hybridized carbons (Fsp3) is 0.407. The number of nitrogens with zero attached hydrogens (tertiary/aromatic N) is 3. The van der Waals surface area contributed by atoms with Crippen molar-refractivity contribution in [2.45, 2.75) is 45.4 Å². The summed E-state index contributed by atoms with van der Waals surface area (Å²) in [5, 5.41) is 3.11. The number of nitrogens with one attached hydrogen (secondary N) is 1. The zero-order valence-electron chi connectivity index (χ0n) is 21.9. The normalized spacial score (nSPS) is 13.8. The topological polar surface area (TPSA) is 117 Å². The van der Waals surface area contributed by atoms with Crippen molar-refractivity contribution in [2.24, 2.45) is 11.8 Å². The molecule has 3 aromatic rings. The summed E-state index contributed by atoms with van der Waals surface area (Å²) < 4.78 is 28.9. The summed E-state index contributed by atoms with van der Waals surface area (Å²) in [7, 11) is -3.68. The van der Waals surface area contributed by atoms with Crippen LogP contribution in [-0.4, -0.2) is 60.0 Å². The Hall–Kier alpha value is -3.15. The molecule has 4 rings (SSSR count). The Morgan fingerprint density at radius 1 is 1.00 bits per heavy atom. The van der Waals surface area contributed by atoms with Crippen LogP contribution in [0.3, 0.4) is 0 Å². The van der Waals surface area contributed by atoms with E-state index in [9.17, 15) is 22.8 Å². The monoisotopic (exact) mass is 556 g/mol.